The highest BCUT2D eigenvalue weighted by Gasteiger charge is 2.44. The summed E-state index contributed by atoms with van der Waals surface area (Å²) in [5.74, 6) is -3.02. The molecule has 0 aromatic carbocycles. The molecule has 178 valence electrons. The fourth-order valence-electron chi connectivity index (χ4n) is 2.20. The number of esters is 3. The summed E-state index contributed by atoms with van der Waals surface area (Å²) < 4.78 is 21.7. The van der Waals surface area contributed by atoms with Crippen LogP contribution in [-0.2, 0) is 38.1 Å². The van der Waals surface area contributed by atoms with E-state index >= 15 is 0 Å². The van der Waals surface area contributed by atoms with Gasteiger partial charge in [0.15, 0.2) is 6.10 Å². The Morgan fingerprint density at radius 1 is 0.812 bits per heavy atom. The number of hydrogen-bond donors (Lipinski definition) is 1. The van der Waals surface area contributed by atoms with E-state index in [1.807, 2.05) is 0 Å². The van der Waals surface area contributed by atoms with Crippen molar-refractivity contribution >= 4 is 23.9 Å². The molecule has 0 aromatic rings. The molecule has 1 N–H and O–H groups in total. The highest BCUT2D eigenvalue weighted by Crippen LogP contribution is 2.27. The highest BCUT2D eigenvalue weighted by molar-refractivity contribution is 5.88. The smallest absolute Gasteiger partial charge is 0.333 e. The SMILES string of the molecule is C=C(C)C(=O)O.C=C(C)C(=O)OCC1OC[C@@H](C)[C@@H](OC(=O)C(=C)C)C1OC(=O)C(=C)C. The Morgan fingerprint density at radius 3 is 1.59 bits per heavy atom. The fourth-order valence-corrected chi connectivity index (χ4v) is 2.20. The largest absolute Gasteiger partial charge is 0.478 e. The van der Waals surface area contributed by atoms with E-state index in [1.54, 1.807) is 6.92 Å². The summed E-state index contributed by atoms with van der Waals surface area (Å²) in [5.41, 5.74) is 0.815. The minimum absolute atomic E-state index is 0.173. The molecule has 1 aliphatic rings. The fraction of sp³-hybridized carbons (Fsp3) is 0.478. The predicted octanol–water partition coefficient (Wildman–Crippen LogP) is 2.76. The molecule has 1 heterocycles. The number of rotatable bonds is 8. The summed E-state index contributed by atoms with van der Waals surface area (Å²) in [6.07, 6.45) is -2.52. The zero-order valence-electron chi connectivity index (χ0n) is 19.3. The lowest BCUT2D eigenvalue weighted by Gasteiger charge is -2.40. The Bertz CT molecular complexity index is 781. The van der Waals surface area contributed by atoms with Gasteiger partial charge in [-0.15, -0.1) is 0 Å². The second kappa shape index (κ2) is 13.3. The predicted molar refractivity (Wildman–Crippen MR) is 117 cm³/mol. The zero-order chi connectivity index (χ0) is 25.2. The minimum atomic E-state index is -0.954. The molecule has 9 heteroatoms. The molecule has 0 aromatic heterocycles. The zero-order valence-corrected chi connectivity index (χ0v) is 19.3. The monoisotopic (exact) mass is 452 g/mol. The third-order valence-electron chi connectivity index (χ3n) is 4.10. The Kier molecular flexibility index (Phi) is 11.9. The number of carbonyl (C=O) groups is 4. The van der Waals surface area contributed by atoms with Crippen molar-refractivity contribution in [3.8, 4) is 0 Å². The van der Waals surface area contributed by atoms with Crippen LogP contribution in [0.15, 0.2) is 48.6 Å². The van der Waals surface area contributed by atoms with Crippen molar-refractivity contribution in [1.29, 1.82) is 0 Å². The van der Waals surface area contributed by atoms with Gasteiger partial charge < -0.3 is 24.1 Å². The average molecular weight is 453 g/mol. The Labute approximate surface area is 188 Å². The third kappa shape index (κ3) is 9.74. The van der Waals surface area contributed by atoms with Crippen LogP contribution in [0.5, 0.6) is 0 Å². The molecular weight excluding hydrogens is 420 g/mol. The molecule has 1 saturated heterocycles. The summed E-state index contributed by atoms with van der Waals surface area (Å²) in [6, 6.07) is 0. The molecule has 1 rings (SSSR count). The van der Waals surface area contributed by atoms with Crippen molar-refractivity contribution in [2.75, 3.05) is 13.2 Å². The Morgan fingerprint density at radius 2 is 1.22 bits per heavy atom. The van der Waals surface area contributed by atoms with Crippen LogP contribution < -0.4 is 0 Å². The van der Waals surface area contributed by atoms with Crippen LogP contribution >= 0.6 is 0 Å². The lowest BCUT2D eigenvalue weighted by atomic mass is 9.93. The normalized spacial score (nSPS) is 21.7. The van der Waals surface area contributed by atoms with Crippen LogP contribution in [0.25, 0.3) is 0 Å². The Hall–Kier alpha value is -3.20. The number of hydrogen-bond acceptors (Lipinski definition) is 8. The van der Waals surface area contributed by atoms with Crippen LogP contribution in [0.2, 0.25) is 0 Å². The van der Waals surface area contributed by atoms with Crippen molar-refractivity contribution in [2.24, 2.45) is 5.92 Å². The van der Waals surface area contributed by atoms with Gasteiger partial charge in [-0.1, -0.05) is 33.2 Å². The topological polar surface area (TPSA) is 125 Å². The van der Waals surface area contributed by atoms with E-state index in [4.69, 9.17) is 24.1 Å². The van der Waals surface area contributed by atoms with Gasteiger partial charge in [0.25, 0.3) is 0 Å². The van der Waals surface area contributed by atoms with Gasteiger partial charge in [-0.3, -0.25) is 0 Å². The van der Waals surface area contributed by atoms with Crippen molar-refractivity contribution in [3.05, 3.63) is 48.6 Å². The quantitative estimate of drug-likeness (QED) is 0.336. The van der Waals surface area contributed by atoms with Crippen LogP contribution in [0, 0.1) is 5.92 Å². The van der Waals surface area contributed by atoms with E-state index in [1.165, 1.54) is 27.7 Å². The van der Waals surface area contributed by atoms with E-state index in [9.17, 15) is 19.2 Å². The molecule has 0 aliphatic carbocycles. The first-order chi connectivity index (χ1) is 14.7. The molecule has 0 spiro atoms. The van der Waals surface area contributed by atoms with Gasteiger partial charge in [0, 0.05) is 28.2 Å². The molecule has 0 radical (unpaired) electrons. The van der Waals surface area contributed by atoms with Gasteiger partial charge in [-0.25, -0.2) is 19.2 Å². The second-order valence-electron chi connectivity index (χ2n) is 7.61. The standard InChI is InChI=1S/C19H26O7.C4H6O2/c1-10(2)17(20)24-9-14-16(26-19(22)12(5)6)15(13(7)8-23-14)25-18(21)11(3)4;1-3(2)4(5)6/h13-16H,1,3,5,8-9H2,2,4,6-7H3;1H2,2H3,(H,5,6)/t13-,14?,15-,16?;/m1./s1. The molecule has 0 saturated carbocycles. The molecule has 9 nitrogen and oxygen atoms in total. The van der Waals surface area contributed by atoms with Gasteiger partial charge in [-0.05, 0) is 27.7 Å². The number of carbonyl (C=O) groups excluding carboxylic acids is 3. The van der Waals surface area contributed by atoms with E-state index < -0.39 is 42.2 Å². The third-order valence-corrected chi connectivity index (χ3v) is 4.10. The number of carboxylic acids is 1. The highest BCUT2D eigenvalue weighted by atomic mass is 16.6. The number of carboxylic acid groups (broad SMARTS) is 1. The lowest BCUT2D eigenvalue weighted by molar-refractivity contribution is -0.210. The van der Waals surface area contributed by atoms with Crippen LogP contribution in [-0.4, -0.2) is 60.5 Å². The van der Waals surface area contributed by atoms with Crippen molar-refractivity contribution in [1.82, 2.24) is 0 Å². The Balaban J connectivity index is 0.00000140. The summed E-state index contributed by atoms with van der Waals surface area (Å²) in [5, 5.41) is 7.89. The number of aliphatic carboxylic acids is 1. The van der Waals surface area contributed by atoms with Crippen molar-refractivity contribution in [2.45, 2.75) is 52.9 Å². The van der Waals surface area contributed by atoms with Gasteiger partial charge in [-0.2, -0.15) is 0 Å². The summed E-state index contributed by atoms with van der Waals surface area (Å²) >= 11 is 0. The molecule has 0 amide bonds. The van der Waals surface area contributed by atoms with Gasteiger partial charge in [0.05, 0.1) is 6.61 Å². The van der Waals surface area contributed by atoms with Crippen molar-refractivity contribution < 1.29 is 43.2 Å². The maximum absolute atomic E-state index is 12.0. The van der Waals surface area contributed by atoms with Crippen LogP contribution in [0.1, 0.15) is 34.6 Å². The first kappa shape index (κ1) is 28.8. The first-order valence-electron chi connectivity index (χ1n) is 9.74. The average Bonchev–Trinajstić information content (AvgIpc) is 2.69. The van der Waals surface area contributed by atoms with E-state index in [-0.39, 0.29) is 41.4 Å². The maximum Gasteiger partial charge on any atom is 0.333 e. The summed E-state index contributed by atoms with van der Waals surface area (Å²) in [4.78, 5) is 45.2. The summed E-state index contributed by atoms with van der Waals surface area (Å²) in [6.45, 7) is 21.6. The van der Waals surface area contributed by atoms with E-state index in [0.717, 1.165) is 0 Å². The van der Waals surface area contributed by atoms with E-state index in [2.05, 4.69) is 26.3 Å². The summed E-state index contributed by atoms with van der Waals surface area (Å²) in [7, 11) is 0. The number of ether oxygens (including phenoxy) is 4. The lowest BCUT2D eigenvalue weighted by Crippen LogP contribution is -2.55. The van der Waals surface area contributed by atoms with E-state index in [0.29, 0.717) is 0 Å². The van der Waals surface area contributed by atoms with Crippen LogP contribution in [0.3, 0.4) is 0 Å². The molecular formula is C23H32O9. The van der Waals surface area contributed by atoms with Crippen molar-refractivity contribution in [3.63, 3.8) is 0 Å². The maximum atomic E-state index is 12.0. The van der Waals surface area contributed by atoms with Crippen LogP contribution in [0.4, 0.5) is 0 Å². The molecule has 1 fully saturated rings. The second-order valence-corrected chi connectivity index (χ2v) is 7.61. The molecule has 0 bridgehead atoms. The molecule has 4 atom stereocenters. The van der Waals surface area contributed by atoms with Gasteiger partial charge >= 0.3 is 23.9 Å². The van der Waals surface area contributed by atoms with Gasteiger partial charge in [0.2, 0.25) is 0 Å². The minimum Gasteiger partial charge on any atom is -0.478 e. The molecule has 32 heavy (non-hydrogen) atoms. The molecule has 2 unspecified atom stereocenters. The molecule has 1 aliphatic heterocycles. The van der Waals surface area contributed by atoms with Gasteiger partial charge in [0.1, 0.15) is 18.8 Å². The first-order valence-corrected chi connectivity index (χ1v) is 9.74.